The van der Waals surface area contributed by atoms with Gasteiger partial charge in [-0.1, -0.05) is 0 Å². The molecule has 3 heteroatoms. The van der Waals surface area contributed by atoms with Crippen molar-refractivity contribution in [2.75, 3.05) is 13.2 Å². The van der Waals surface area contributed by atoms with Crippen LogP contribution >= 0.6 is 0 Å². The van der Waals surface area contributed by atoms with Gasteiger partial charge in [0, 0.05) is 0 Å². The Morgan fingerprint density at radius 3 is 1.47 bits per heavy atom. The van der Waals surface area contributed by atoms with E-state index in [0.717, 1.165) is 47.8 Å². The molecule has 0 aliphatic carbocycles. The van der Waals surface area contributed by atoms with E-state index in [9.17, 15) is 0 Å². The first-order valence-electron chi connectivity index (χ1n) is 7.52. The molecule has 0 aliphatic heterocycles. The number of hydrogen-bond acceptors (Lipinski definition) is 2. The van der Waals surface area contributed by atoms with Gasteiger partial charge in [0.05, 0.1) is 0 Å². The van der Waals surface area contributed by atoms with Gasteiger partial charge in [-0.3, -0.25) is 0 Å². The van der Waals surface area contributed by atoms with Crippen molar-refractivity contribution in [2.24, 2.45) is 0 Å². The molecule has 0 amide bonds. The second-order valence-corrected chi connectivity index (χ2v) is 14.4. The summed E-state index contributed by atoms with van der Waals surface area (Å²) >= 11 is -3.04. The normalized spacial score (nSPS) is 11.6. The fraction of sp³-hybridized carbons (Fsp3) is 0.750. The van der Waals surface area contributed by atoms with E-state index < -0.39 is 19.2 Å². The molecule has 0 aliphatic rings. The molecule has 0 fully saturated rings. The second kappa shape index (κ2) is 10.9. The van der Waals surface area contributed by atoms with Crippen molar-refractivity contribution in [1.82, 2.24) is 0 Å². The summed E-state index contributed by atoms with van der Waals surface area (Å²) in [6, 6.07) is 0. The Morgan fingerprint density at radius 1 is 0.842 bits per heavy atom. The number of hydrogen-bond donors (Lipinski definition) is 0. The molecule has 112 valence electrons. The monoisotopic (exact) mass is 376 g/mol. The summed E-state index contributed by atoms with van der Waals surface area (Å²) in [6.45, 7) is 18.3. The van der Waals surface area contributed by atoms with Crippen LogP contribution in [0.3, 0.4) is 0 Å². The summed E-state index contributed by atoms with van der Waals surface area (Å²) in [7, 11) is 0. The van der Waals surface area contributed by atoms with E-state index in [1.807, 2.05) is 0 Å². The first-order valence-corrected chi connectivity index (χ1v) is 13.9. The van der Waals surface area contributed by atoms with Crippen LogP contribution in [-0.4, -0.2) is 32.4 Å². The molecule has 0 rings (SSSR count). The summed E-state index contributed by atoms with van der Waals surface area (Å²) in [6.07, 6.45) is 4.55. The van der Waals surface area contributed by atoms with Crippen molar-refractivity contribution in [3.05, 3.63) is 24.3 Å². The van der Waals surface area contributed by atoms with Gasteiger partial charge in [0.25, 0.3) is 0 Å². The number of allylic oxidation sites excluding steroid dienone is 2. The van der Waals surface area contributed by atoms with Gasteiger partial charge in [0.1, 0.15) is 0 Å². The van der Waals surface area contributed by atoms with Crippen molar-refractivity contribution in [3.8, 4) is 0 Å². The fourth-order valence-corrected chi connectivity index (χ4v) is 12.0. The molecule has 0 spiro atoms. The molecule has 0 saturated carbocycles. The van der Waals surface area contributed by atoms with Crippen LogP contribution in [0.2, 0.25) is 8.87 Å². The Morgan fingerprint density at radius 2 is 1.21 bits per heavy atom. The molecule has 2 nitrogen and oxygen atoms in total. The Balaban J connectivity index is 4.73. The van der Waals surface area contributed by atoms with Gasteiger partial charge < -0.3 is 0 Å². The summed E-state index contributed by atoms with van der Waals surface area (Å²) in [5, 5.41) is 0. The zero-order valence-electron chi connectivity index (χ0n) is 13.4. The molecule has 0 N–H and O–H groups in total. The van der Waals surface area contributed by atoms with Crippen molar-refractivity contribution in [3.63, 3.8) is 0 Å². The van der Waals surface area contributed by atoms with E-state index in [0.29, 0.717) is 0 Å². The van der Waals surface area contributed by atoms with Crippen LogP contribution in [0.15, 0.2) is 24.3 Å². The average Bonchev–Trinajstić information content (AvgIpc) is 2.27. The molecule has 0 aromatic rings. The molecule has 0 heterocycles. The van der Waals surface area contributed by atoms with E-state index in [-0.39, 0.29) is 0 Å². The van der Waals surface area contributed by atoms with Gasteiger partial charge in [0.2, 0.25) is 0 Å². The van der Waals surface area contributed by atoms with Gasteiger partial charge in [-0.2, -0.15) is 0 Å². The minimum absolute atomic E-state index is 0.833. The van der Waals surface area contributed by atoms with Crippen LogP contribution in [0, 0.1) is 0 Å². The molecule has 0 atom stereocenters. The van der Waals surface area contributed by atoms with Gasteiger partial charge in [-0.15, -0.1) is 0 Å². The van der Waals surface area contributed by atoms with Crippen LogP contribution in [0.25, 0.3) is 0 Å². The van der Waals surface area contributed by atoms with Crippen molar-refractivity contribution in [1.29, 1.82) is 0 Å². The Labute approximate surface area is 125 Å². The zero-order chi connectivity index (χ0) is 14.7. The Kier molecular flexibility index (Phi) is 11.0. The maximum atomic E-state index is 6.30. The van der Waals surface area contributed by atoms with Crippen LogP contribution in [-0.2, 0) is 6.15 Å². The molecule has 0 bridgehead atoms. The van der Waals surface area contributed by atoms with Gasteiger partial charge in [0.15, 0.2) is 0 Å². The quantitative estimate of drug-likeness (QED) is 0.265. The second-order valence-electron chi connectivity index (χ2n) is 5.58. The van der Waals surface area contributed by atoms with E-state index in [1.54, 1.807) is 0 Å². The van der Waals surface area contributed by atoms with Gasteiger partial charge in [-0.25, -0.2) is 0 Å². The molecule has 0 radical (unpaired) electrons. The van der Waals surface area contributed by atoms with Crippen LogP contribution in [0.1, 0.15) is 53.4 Å². The zero-order valence-corrected chi connectivity index (χ0v) is 16.2. The predicted molar refractivity (Wildman–Crippen MR) is 86.7 cm³/mol. The summed E-state index contributed by atoms with van der Waals surface area (Å²) in [5.41, 5.74) is 2.37. The topological polar surface area (TPSA) is 18.5 Å². The van der Waals surface area contributed by atoms with E-state index >= 15 is 0 Å². The maximum absolute atomic E-state index is 6.30. The molecule has 0 aromatic heterocycles. The molecule has 0 unspecified atom stereocenters. The number of unbranched alkanes of at least 4 members (excludes halogenated alkanes) is 2. The average molecular weight is 375 g/mol. The first kappa shape index (κ1) is 19.2. The van der Waals surface area contributed by atoms with E-state index in [2.05, 4.69) is 40.9 Å². The summed E-state index contributed by atoms with van der Waals surface area (Å²) in [5.74, 6) is 0. The van der Waals surface area contributed by atoms with Crippen LogP contribution in [0.4, 0.5) is 0 Å². The fourth-order valence-electron chi connectivity index (χ4n) is 2.03. The summed E-state index contributed by atoms with van der Waals surface area (Å²) < 4.78 is 14.5. The number of rotatable bonds is 12. The molecular formula is C16H32O2Sn. The Bertz CT molecular complexity index is 246. The van der Waals surface area contributed by atoms with Crippen LogP contribution in [0.5, 0.6) is 0 Å². The van der Waals surface area contributed by atoms with E-state index in [4.69, 9.17) is 6.15 Å². The van der Waals surface area contributed by atoms with Crippen molar-refractivity contribution in [2.45, 2.75) is 62.3 Å². The standard InChI is InChI=1S/2C4H9O.2C4H7.Sn/c2*1-2-3-4-5;2*1-4(2)3;/h2*2-4H2,1H3;2*1-2H2,3H3;/q2*-1;;;+2. The van der Waals surface area contributed by atoms with Gasteiger partial charge in [-0.05, 0) is 0 Å². The first-order chi connectivity index (χ1) is 8.95. The molecular weight excluding hydrogens is 343 g/mol. The van der Waals surface area contributed by atoms with Crippen molar-refractivity contribution < 1.29 is 6.15 Å². The van der Waals surface area contributed by atoms with Crippen molar-refractivity contribution >= 4 is 19.2 Å². The molecule has 0 aromatic carbocycles. The third kappa shape index (κ3) is 9.69. The Hall–Kier alpha value is 0.199. The minimum atomic E-state index is -3.04. The third-order valence-corrected chi connectivity index (χ3v) is 13.6. The predicted octanol–water partition coefficient (Wildman–Crippen LogP) is 5.21. The molecule has 0 saturated heterocycles. The van der Waals surface area contributed by atoms with Crippen LogP contribution < -0.4 is 0 Å². The van der Waals surface area contributed by atoms with Gasteiger partial charge >= 0.3 is 125 Å². The third-order valence-electron chi connectivity index (χ3n) is 2.87. The SMILES string of the molecule is C=C(C)[CH2][Sn]([CH2]C(=C)C)([O]CCCC)[O]CCCC. The van der Waals surface area contributed by atoms with E-state index in [1.165, 1.54) is 11.1 Å². The summed E-state index contributed by atoms with van der Waals surface area (Å²) in [4.78, 5) is 0. The molecule has 19 heavy (non-hydrogen) atoms.